The van der Waals surface area contributed by atoms with Crippen LogP contribution in [0.1, 0.15) is 38.2 Å². The van der Waals surface area contributed by atoms with Crippen molar-refractivity contribution >= 4 is 11.9 Å². The molecule has 3 unspecified atom stereocenters. The van der Waals surface area contributed by atoms with Gasteiger partial charge in [0, 0.05) is 19.0 Å². The molecule has 2 aliphatic rings. The van der Waals surface area contributed by atoms with Gasteiger partial charge in [0.25, 0.3) is 0 Å². The van der Waals surface area contributed by atoms with Gasteiger partial charge in [-0.25, -0.2) is 8.78 Å². The number of carboxylic acids is 1. The Morgan fingerprint density at radius 3 is 2.54 bits per heavy atom. The standard InChI is InChI=1S/C18H21F2NO3/c1-10(2)18(17(23)24)5-6-21(9-18)16(22)13-8-12(13)11-3-4-14(19)15(20)7-11/h3-4,7,10,12-13H,5-6,8-9H2,1-2H3,(H,23,24). The Morgan fingerprint density at radius 1 is 1.29 bits per heavy atom. The molecule has 1 aliphatic heterocycles. The highest BCUT2D eigenvalue weighted by Gasteiger charge is 2.52. The third-order valence-electron chi connectivity index (χ3n) is 5.62. The molecule has 3 atom stereocenters. The van der Waals surface area contributed by atoms with Crippen molar-refractivity contribution in [3.05, 3.63) is 35.4 Å². The van der Waals surface area contributed by atoms with Gasteiger partial charge < -0.3 is 10.0 Å². The van der Waals surface area contributed by atoms with Crippen LogP contribution in [0.3, 0.4) is 0 Å². The van der Waals surface area contributed by atoms with Gasteiger partial charge in [-0.1, -0.05) is 19.9 Å². The number of carbonyl (C=O) groups is 2. The van der Waals surface area contributed by atoms with Crippen LogP contribution in [0, 0.1) is 28.9 Å². The maximum Gasteiger partial charge on any atom is 0.311 e. The molecule has 1 aromatic rings. The molecule has 3 rings (SSSR count). The number of rotatable bonds is 4. The van der Waals surface area contributed by atoms with E-state index < -0.39 is 23.0 Å². The lowest BCUT2D eigenvalue weighted by Gasteiger charge is -2.28. The van der Waals surface area contributed by atoms with Crippen molar-refractivity contribution in [1.82, 2.24) is 4.90 Å². The highest BCUT2D eigenvalue weighted by molar-refractivity contribution is 5.85. The number of aliphatic carboxylic acids is 1. The summed E-state index contributed by atoms with van der Waals surface area (Å²) in [5.41, 5.74) is -0.262. The Morgan fingerprint density at radius 2 is 2.00 bits per heavy atom. The zero-order valence-corrected chi connectivity index (χ0v) is 13.8. The molecule has 0 spiro atoms. The van der Waals surface area contributed by atoms with Crippen LogP contribution in [0.15, 0.2) is 18.2 Å². The van der Waals surface area contributed by atoms with E-state index in [-0.39, 0.29) is 30.2 Å². The number of halogens is 2. The van der Waals surface area contributed by atoms with Gasteiger partial charge in [-0.05, 0) is 42.4 Å². The summed E-state index contributed by atoms with van der Waals surface area (Å²) in [5.74, 6) is -3.16. The zero-order valence-electron chi connectivity index (χ0n) is 13.8. The zero-order chi connectivity index (χ0) is 17.6. The molecule has 6 heteroatoms. The normalized spacial score (nSPS) is 29.1. The quantitative estimate of drug-likeness (QED) is 0.919. The first-order valence-electron chi connectivity index (χ1n) is 8.23. The van der Waals surface area contributed by atoms with Crippen LogP contribution in [0.25, 0.3) is 0 Å². The van der Waals surface area contributed by atoms with Crippen molar-refractivity contribution in [3.63, 3.8) is 0 Å². The van der Waals surface area contributed by atoms with E-state index in [1.54, 1.807) is 4.90 Å². The van der Waals surface area contributed by atoms with Crippen molar-refractivity contribution in [2.75, 3.05) is 13.1 Å². The van der Waals surface area contributed by atoms with Gasteiger partial charge in [0.2, 0.25) is 5.91 Å². The molecule has 1 aromatic carbocycles. The van der Waals surface area contributed by atoms with Crippen molar-refractivity contribution in [2.45, 2.75) is 32.6 Å². The topological polar surface area (TPSA) is 57.6 Å². The van der Waals surface area contributed by atoms with Gasteiger partial charge in [0.15, 0.2) is 11.6 Å². The van der Waals surface area contributed by atoms with Gasteiger partial charge in [-0.15, -0.1) is 0 Å². The number of hydrogen-bond donors (Lipinski definition) is 1. The molecule has 1 amide bonds. The predicted molar refractivity (Wildman–Crippen MR) is 83.3 cm³/mol. The summed E-state index contributed by atoms with van der Waals surface area (Å²) >= 11 is 0. The van der Waals surface area contributed by atoms with Crippen LogP contribution in [-0.2, 0) is 9.59 Å². The molecule has 0 radical (unpaired) electrons. The molecule has 4 nitrogen and oxygen atoms in total. The van der Waals surface area contributed by atoms with Crippen LogP contribution in [0.4, 0.5) is 8.78 Å². The smallest absolute Gasteiger partial charge is 0.311 e. The van der Waals surface area contributed by atoms with Crippen LogP contribution in [-0.4, -0.2) is 35.0 Å². The fourth-order valence-corrected chi connectivity index (χ4v) is 3.73. The maximum atomic E-state index is 13.3. The van der Waals surface area contributed by atoms with E-state index in [2.05, 4.69) is 0 Å². The molecule has 2 fully saturated rings. The summed E-state index contributed by atoms with van der Waals surface area (Å²) in [7, 11) is 0. The largest absolute Gasteiger partial charge is 0.481 e. The summed E-state index contributed by atoms with van der Waals surface area (Å²) in [6.07, 6.45) is 1.05. The van der Waals surface area contributed by atoms with E-state index in [1.165, 1.54) is 6.07 Å². The van der Waals surface area contributed by atoms with Gasteiger partial charge in [0.05, 0.1) is 5.41 Å². The number of carboxylic acid groups (broad SMARTS) is 1. The van der Waals surface area contributed by atoms with Crippen molar-refractivity contribution in [1.29, 1.82) is 0 Å². The molecule has 1 aliphatic carbocycles. The molecular weight excluding hydrogens is 316 g/mol. The van der Waals surface area contributed by atoms with Gasteiger partial charge in [-0.2, -0.15) is 0 Å². The number of likely N-dealkylation sites (tertiary alicyclic amines) is 1. The van der Waals surface area contributed by atoms with E-state index in [1.807, 2.05) is 13.8 Å². The Kier molecular flexibility index (Phi) is 4.10. The number of carbonyl (C=O) groups excluding carboxylic acids is 1. The van der Waals surface area contributed by atoms with Crippen LogP contribution < -0.4 is 0 Å². The second kappa shape index (κ2) is 5.83. The molecule has 0 bridgehead atoms. The highest BCUT2D eigenvalue weighted by atomic mass is 19.2. The summed E-state index contributed by atoms with van der Waals surface area (Å²) < 4.78 is 26.4. The molecule has 1 heterocycles. The molecular formula is C18H21F2NO3. The second-order valence-corrected chi connectivity index (χ2v) is 7.25. The van der Waals surface area contributed by atoms with Crippen molar-refractivity contribution in [3.8, 4) is 0 Å². The number of benzene rings is 1. The Balaban J connectivity index is 1.69. The first kappa shape index (κ1) is 16.9. The van der Waals surface area contributed by atoms with E-state index in [9.17, 15) is 23.5 Å². The van der Waals surface area contributed by atoms with Gasteiger partial charge >= 0.3 is 5.97 Å². The lowest BCUT2D eigenvalue weighted by molar-refractivity contribution is -0.151. The van der Waals surface area contributed by atoms with Crippen molar-refractivity contribution in [2.24, 2.45) is 17.3 Å². The molecule has 0 aromatic heterocycles. The van der Waals surface area contributed by atoms with E-state index in [4.69, 9.17) is 0 Å². The lowest BCUT2D eigenvalue weighted by atomic mass is 9.76. The van der Waals surface area contributed by atoms with Crippen LogP contribution >= 0.6 is 0 Å². The fourth-order valence-electron chi connectivity index (χ4n) is 3.73. The predicted octanol–water partition coefficient (Wildman–Crippen LogP) is 3.03. The lowest BCUT2D eigenvalue weighted by Crippen LogP contribution is -2.41. The van der Waals surface area contributed by atoms with Crippen LogP contribution in [0.5, 0.6) is 0 Å². The minimum absolute atomic E-state index is 0.0611. The maximum absolute atomic E-state index is 13.3. The van der Waals surface area contributed by atoms with Gasteiger partial charge in [-0.3, -0.25) is 9.59 Å². The first-order valence-corrected chi connectivity index (χ1v) is 8.23. The molecule has 1 saturated carbocycles. The molecule has 130 valence electrons. The Labute approximate surface area is 139 Å². The number of nitrogens with zero attached hydrogens (tertiary/aromatic N) is 1. The summed E-state index contributed by atoms with van der Waals surface area (Å²) in [4.78, 5) is 25.9. The van der Waals surface area contributed by atoms with E-state index in [0.717, 1.165) is 12.1 Å². The minimum atomic E-state index is -0.906. The van der Waals surface area contributed by atoms with Crippen LogP contribution in [0.2, 0.25) is 0 Å². The number of hydrogen-bond acceptors (Lipinski definition) is 2. The molecule has 1 saturated heterocycles. The third-order valence-corrected chi connectivity index (χ3v) is 5.62. The third kappa shape index (κ3) is 2.68. The van der Waals surface area contributed by atoms with Crippen molar-refractivity contribution < 1.29 is 23.5 Å². The highest BCUT2D eigenvalue weighted by Crippen LogP contribution is 2.50. The first-order chi connectivity index (χ1) is 11.3. The monoisotopic (exact) mass is 337 g/mol. The second-order valence-electron chi connectivity index (χ2n) is 7.25. The Hall–Kier alpha value is -1.98. The van der Waals surface area contributed by atoms with E-state index in [0.29, 0.717) is 24.9 Å². The number of amides is 1. The summed E-state index contributed by atoms with van der Waals surface area (Å²) in [6.45, 7) is 4.39. The molecule has 24 heavy (non-hydrogen) atoms. The minimum Gasteiger partial charge on any atom is -0.481 e. The Bertz CT molecular complexity index is 691. The summed E-state index contributed by atoms with van der Waals surface area (Å²) in [5, 5.41) is 9.56. The summed E-state index contributed by atoms with van der Waals surface area (Å²) in [6, 6.07) is 3.73. The average Bonchev–Trinajstić information content (AvgIpc) is 3.18. The van der Waals surface area contributed by atoms with E-state index >= 15 is 0 Å². The fraction of sp³-hybridized carbons (Fsp3) is 0.556. The van der Waals surface area contributed by atoms with Gasteiger partial charge in [0.1, 0.15) is 0 Å². The molecule has 1 N–H and O–H groups in total. The average molecular weight is 337 g/mol. The SMILES string of the molecule is CC(C)C1(C(=O)O)CCN(C(=O)C2CC2c2ccc(F)c(F)c2)C1.